The van der Waals surface area contributed by atoms with Crippen LogP contribution in [0, 0.1) is 0 Å². The molecule has 0 aliphatic carbocycles. The van der Waals surface area contributed by atoms with Crippen molar-refractivity contribution < 1.29 is 9.31 Å². The second kappa shape index (κ2) is 7.18. The molecule has 1 aliphatic rings. The van der Waals surface area contributed by atoms with Gasteiger partial charge in [-0.2, -0.15) is 0 Å². The van der Waals surface area contributed by atoms with Gasteiger partial charge in [-0.05, 0) is 64.3 Å². The quantitative estimate of drug-likeness (QED) is 0.792. The molecule has 0 bridgehead atoms. The number of hydrogen-bond donors (Lipinski definition) is 2. The monoisotopic (exact) mass is 316 g/mol. The van der Waals surface area contributed by atoms with Crippen molar-refractivity contribution in [2.24, 2.45) is 5.73 Å². The zero-order valence-corrected chi connectivity index (χ0v) is 15.0. The minimum Gasteiger partial charge on any atom is -0.400 e. The van der Waals surface area contributed by atoms with E-state index in [1.807, 2.05) is 7.05 Å². The Labute approximate surface area is 140 Å². The van der Waals surface area contributed by atoms with E-state index in [9.17, 15) is 0 Å². The van der Waals surface area contributed by atoms with Gasteiger partial charge in [0.05, 0.1) is 11.2 Å². The Hall–Kier alpha value is -1.14. The predicted octanol–water partition coefficient (Wildman–Crippen LogP) is 2.42. The molecule has 1 aromatic rings. The molecule has 1 aromatic carbocycles. The zero-order valence-electron chi connectivity index (χ0n) is 15.0. The molecule has 0 radical (unpaired) electrons. The fourth-order valence-corrected chi connectivity index (χ4v) is 2.62. The molecule has 1 fully saturated rings. The summed E-state index contributed by atoms with van der Waals surface area (Å²) in [6.45, 7) is 9.68. The first kappa shape index (κ1) is 18.2. The van der Waals surface area contributed by atoms with Crippen LogP contribution in [0.15, 0.2) is 29.7 Å². The molecule has 4 nitrogen and oxygen atoms in total. The maximum atomic E-state index is 6.18. The number of nitrogens with one attached hydrogen (secondary N) is 1. The maximum Gasteiger partial charge on any atom is 0.491 e. The predicted molar refractivity (Wildman–Crippen MR) is 97.2 cm³/mol. The number of rotatable bonds is 6. The van der Waals surface area contributed by atoms with Gasteiger partial charge in [-0.25, -0.2) is 0 Å². The number of hydrogen-bond acceptors (Lipinski definition) is 4. The maximum absolute atomic E-state index is 6.18. The van der Waals surface area contributed by atoms with Gasteiger partial charge < -0.3 is 20.4 Å². The van der Waals surface area contributed by atoms with Crippen LogP contribution in [0.3, 0.4) is 0 Å². The van der Waals surface area contributed by atoms with Crippen molar-refractivity contribution in [3.8, 4) is 0 Å². The van der Waals surface area contributed by atoms with E-state index >= 15 is 0 Å². The molecule has 126 valence electrons. The fraction of sp³-hybridized carbons (Fsp3) is 0.556. The molecule has 0 aromatic heterocycles. The van der Waals surface area contributed by atoms with Crippen LogP contribution in [-0.2, 0) is 15.7 Å². The summed E-state index contributed by atoms with van der Waals surface area (Å²) in [4.78, 5) is 0. The summed E-state index contributed by atoms with van der Waals surface area (Å²) in [6, 6.07) is 8.45. The van der Waals surface area contributed by atoms with E-state index < -0.39 is 0 Å². The first-order valence-corrected chi connectivity index (χ1v) is 8.29. The lowest BCUT2D eigenvalue weighted by Gasteiger charge is -2.32. The van der Waals surface area contributed by atoms with Crippen LogP contribution in [0.5, 0.6) is 0 Å². The first-order valence-electron chi connectivity index (χ1n) is 8.29. The summed E-state index contributed by atoms with van der Waals surface area (Å²) in [5.41, 5.74) is 8.49. The molecule has 0 spiro atoms. The summed E-state index contributed by atoms with van der Waals surface area (Å²) in [5, 5.41) is 3.21. The van der Waals surface area contributed by atoms with Crippen molar-refractivity contribution in [1.82, 2.24) is 5.32 Å². The number of benzene rings is 1. The van der Waals surface area contributed by atoms with Crippen molar-refractivity contribution in [2.45, 2.75) is 45.3 Å². The highest BCUT2D eigenvalue weighted by atomic mass is 16.7. The third kappa shape index (κ3) is 4.24. The highest BCUT2D eigenvalue weighted by Crippen LogP contribution is 2.38. The summed E-state index contributed by atoms with van der Waals surface area (Å²) in [7, 11) is 1.61. The summed E-state index contributed by atoms with van der Waals surface area (Å²) < 4.78 is 12.4. The van der Waals surface area contributed by atoms with E-state index in [-0.39, 0.29) is 18.3 Å². The molecule has 1 heterocycles. The molecule has 3 N–H and O–H groups in total. The van der Waals surface area contributed by atoms with E-state index in [0.29, 0.717) is 6.54 Å². The van der Waals surface area contributed by atoms with Crippen molar-refractivity contribution in [2.75, 3.05) is 20.1 Å². The van der Waals surface area contributed by atoms with E-state index in [2.05, 4.69) is 63.4 Å². The highest BCUT2D eigenvalue weighted by Gasteiger charge is 2.52. The van der Waals surface area contributed by atoms with Gasteiger partial charge in [0.25, 0.3) is 0 Å². The van der Waals surface area contributed by atoms with Crippen LogP contribution < -0.4 is 11.1 Å². The van der Waals surface area contributed by atoms with Gasteiger partial charge in [0.2, 0.25) is 0 Å². The van der Waals surface area contributed by atoms with Gasteiger partial charge in [0.1, 0.15) is 0 Å². The lowest BCUT2D eigenvalue weighted by Crippen LogP contribution is -2.41. The first-order chi connectivity index (χ1) is 10.8. The molecule has 0 saturated carbocycles. The molecule has 23 heavy (non-hydrogen) atoms. The fourth-order valence-electron chi connectivity index (χ4n) is 2.62. The summed E-state index contributed by atoms with van der Waals surface area (Å²) in [5.74, 6) is 0. The Balaban J connectivity index is 2.27. The Bertz CT molecular complexity index is 554. The average Bonchev–Trinajstić information content (AvgIpc) is 2.68. The molecule has 0 unspecified atom stereocenters. The van der Waals surface area contributed by atoms with Gasteiger partial charge in [0, 0.05) is 6.54 Å². The van der Waals surface area contributed by atoms with Gasteiger partial charge in [-0.15, -0.1) is 0 Å². The van der Waals surface area contributed by atoms with Crippen LogP contribution in [0.1, 0.15) is 38.8 Å². The zero-order chi connectivity index (χ0) is 17.1. The standard InChI is InChI=1S/C18H29BN2O2/c1-17(2)18(3,4)23-19(22-17)16(13-21-5)12-15-8-6-7-14(11-15)9-10-20/h6-8,11-12,21H,9-10,13,20H2,1-5H3. The molecule has 5 heteroatoms. The molecule has 1 saturated heterocycles. The molecule has 0 amide bonds. The average molecular weight is 316 g/mol. The molecule has 1 aliphatic heterocycles. The molecule has 2 rings (SSSR count). The van der Waals surface area contributed by atoms with Gasteiger partial charge >= 0.3 is 7.12 Å². The third-order valence-corrected chi connectivity index (χ3v) is 4.67. The Kier molecular flexibility index (Phi) is 5.68. The second-order valence-electron chi connectivity index (χ2n) is 7.12. The van der Waals surface area contributed by atoms with Gasteiger partial charge in [-0.1, -0.05) is 30.3 Å². The summed E-state index contributed by atoms with van der Waals surface area (Å²) in [6.07, 6.45) is 3.04. The van der Waals surface area contributed by atoms with Gasteiger partial charge in [0.15, 0.2) is 0 Å². The topological polar surface area (TPSA) is 56.5 Å². The SMILES string of the molecule is CNCC(=Cc1cccc(CCN)c1)B1OC(C)(C)C(C)(C)O1. The number of nitrogens with two attached hydrogens (primary N) is 1. The van der Waals surface area contributed by atoms with Crippen LogP contribution in [0.25, 0.3) is 6.08 Å². The van der Waals surface area contributed by atoms with Crippen molar-refractivity contribution in [3.63, 3.8) is 0 Å². The van der Waals surface area contributed by atoms with E-state index in [0.717, 1.165) is 24.0 Å². The van der Waals surface area contributed by atoms with Crippen molar-refractivity contribution in [3.05, 3.63) is 40.9 Å². The summed E-state index contributed by atoms with van der Waals surface area (Å²) >= 11 is 0. The van der Waals surface area contributed by atoms with Crippen LogP contribution in [-0.4, -0.2) is 38.5 Å². The largest absolute Gasteiger partial charge is 0.491 e. The Morgan fingerprint density at radius 1 is 1.22 bits per heavy atom. The number of likely N-dealkylation sites (N-methyl/N-ethyl adjacent to an activating group) is 1. The second-order valence-corrected chi connectivity index (χ2v) is 7.12. The van der Waals surface area contributed by atoms with E-state index in [1.165, 1.54) is 5.56 Å². The van der Waals surface area contributed by atoms with Crippen LogP contribution >= 0.6 is 0 Å². The molecule has 0 atom stereocenters. The van der Waals surface area contributed by atoms with Crippen molar-refractivity contribution >= 4 is 13.2 Å². The smallest absolute Gasteiger partial charge is 0.400 e. The van der Waals surface area contributed by atoms with E-state index in [1.54, 1.807) is 0 Å². The Morgan fingerprint density at radius 2 is 1.87 bits per heavy atom. The molecular formula is C18H29BN2O2. The molecular weight excluding hydrogens is 287 g/mol. The van der Waals surface area contributed by atoms with Crippen LogP contribution in [0.4, 0.5) is 0 Å². The lowest BCUT2D eigenvalue weighted by molar-refractivity contribution is 0.00578. The normalized spacial score (nSPS) is 20.1. The van der Waals surface area contributed by atoms with E-state index in [4.69, 9.17) is 15.0 Å². The van der Waals surface area contributed by atoms with Crippen molar-refractivity contribution in [1.29, 1.82) is 0 Å². The minimum atomic E-state index is -0.328. The van der Waals surface area contributed by atoms with Gasteiger partial charge in [-0.3, -0.25) is 0 Å². The minimum absolute atomic E-state index is 0.327. The highest BCUT2D eigenvalue weighted by molar-refractivity contribution is 6.55. The Morgan fingerprint density at radius 3 is 2.43 bits per heavy atom. The van der Waals surface area contributed by atoms with Crippen LogP contribution in [0.2, 0.25) is 0 Å². The lowest BCUT2D eigenvalue weighted by atomic mass is 9.77. The third-order valence-electron chi connectivity index (χ3n) is 4.67.